The topological polar surface area (TPSA) is 98.0 Å². The number of fused-ring (bicyclic) bond motifs is 1. The summed E-state index contributed by atoms with van der Waals surface area (Å²) >= 11 is 0. The van der Waals surface area contributed by atoms with Gasteiger partial charge in [-0.05, 0) is 35.9 Å². The van der Waals surface area contributed by atoms with Gasteiger partial charge in [-0.3, -0.25) is 4.79 Å². The number of para-hydroxylation sites is 1. The van der Waals surface area contributed by atoms with Crippen LogP contribution >= 0.6 is 0 Å². The number of benzene rings is 2. The maximum Gasteiger partial charge on any atom is 0.295 e. The van der Waals surface area contributed by atoms with Gasteiger partial charge in [0.05, 0.1) is 31.3 Å². The van der Waals surface area contributed by atoms with Crippen LogP contribution in [0.2, 0.25) is 0 Å². The fraction of sp³-hybridized carbons (Fsp3) is 0.118. The van der Waals surface area contributed by atoms with Crippen molar-refractivity contribution in [3.8, 4) is 11.5 Å². The van der Waals surface area contributed by atoms with Crippen molar-refractivity contribution in [3.63, 3.8) is 0 Å². The summed E-state index contributed by atoms with van der Waals surface area (Å²) in [5.74, 6) is 1.09. The van der Waals surface area contributed by atoms with Crippen LogP contribution in [0.25, 0.3) is 10.9 Å². The standard InChI is InChI=1S/C17H16N4O4/c1-24-14-8-7-11(9-15(14)25-2)10-18-20-17-19-13-6-4-3-5-12(13)16(22)21(17)23/h3-10,23H,1-2H3,(H,19,20)/b18-10+. The molecule has 8 heteroatoms. The first-order valence-corrected chi connectivity index (χ1v) is 7.36. The van der Waals surface area contributed by atoms with Gasteiger partial charge in [0.25, 0.3) is 11.5 Å². The number of hydrogen-bond acceptors (Lipinski definition) is 7. The van der Waals surface area contributed by atoms with E-state index in [1.54, 1.807) is 56.7 Å². The SMILES string of the molecule is COc1ccc(/C=N/Nc2nc3ccccc3c(=O)n2O)cc1OC. The Labute approximate surface area is 142 Å². The van der Waals surface area contributed by atoms with Crippen molar-refractivity contribution < 1.29 is 14.7 Å². The lowest BCUT2D eigenvalue weighted by Gasteiger charge is -2.08. The highest BCUT2D eigenvalue weighted by Crippen LogP contribution is 2.26. The van der Waals surface area contributed by atoms with Crippen LogP contribution in [0, 0.1) is 0 Å². The van der Waals surface area contributed by atoms with Gasteiger partial charge in [-0.15, -0.1) is 4.73 Å². The molecule has 0 amide bonds. The minimum Gasteiger partial charge on any atom is -0.493 e. The monoisotopic (exact) mass is 340 g/mol. The van der Waals surface area contributed by atoms with Crippen LogP contribution in [-0.4, -0.2) is 35.4 Å². The van der Waals surface area contributed by atoms with Crippen LogP contribution in [0.1, 0.15) is 5.56 Å². The minimum absolute atomic E-state index is 0.0829. The van der Waals surface area contributed by atoms with Gasteiger partial charge in [-0.2, -0.15) is 5.10 Å². The Bertz CT molecular complexity index is 998. The van der Waals surface area contributed by atoms with Gasteiger partial charge >= 0.3 is 0 Å². The molecule has 0 saturated carbocycles. The van der Waals surface area contributed by atoms with Gasteiger partial charge in [-0.1, -0.05) is 12.1 Å². The third-order valence-corrected chi connectivity index (χ3v) is 3.54. The molecule has 0 spiro atoms. The number of hydrazone groups is 1. The van der Waals surface area contributed by atoms with Crippen molar-refractivity contribution in [2.24, 2.45) is 5.10 Å². The van der Waals surface area contributed by atoms with Gasteiger partial charge in [0.15, 0.2) is 11.5 Å². The molecule has 0 aliphatic carbocycles. The zero-order valence-corrected chi connectivity index (χ0v) is 13.6. The molecular weight excluding hydrogens is 324 g/mol. The van der Waals surface area contributed by atoms with Gasteiger partial charge < -0.3 is 14.7 Å². The first-order valence-electron chi connectivity index (χ1n) is 7.36. The van der Waals surface area contributed by atoms with Gasteiger partial charge in [-0.25, -0.2) is 10.4 Å². The lowest BCUT2D eigenvalue weighted by atomic mass is 10.2. The lowest BCUT2D eigenvalue weighted by molar-refractivity contribution is 0.179. The van der Waals surface area contributed by atoms with E-state index in [9.17, 15) is 10.0 Å². The van der Waals surface area contributed by atoms with Crippen molar-refractivity contribution in [1.82, 2.24) is 9.71 Å². The van der Waals surface area contributed by atoms with Gasteiger partial charge in [0.1, 0.15) is 0 Å². The summed E-state index contributed by atoms with van der Waals surface area (Å²) in [6.45, 7) is 0. The summed E-state index contributed by atoms with van der Waals surface area (Å²) in [6.07, 6.45) is 1.50. The van der Waals surface area contributed by atoms with E-state index in [0.717, 1.165) is 5.56 Å². The first-order chi connectivity index (χ1) is 12.1. The van der Waals surface area contributed by atoms with Gasteiger partial charge in [0, 0.05) is 0 Å². The predicted octanol–water partition coefficient (Wildman–Crippen LogP) is 2.10. The maximum atomic E-state index is 12.1. The highest BCUT2D eigenvalue weighted by molar-refractivity contribution is 5.82. The Morgan fingerprint density at radius 1 is 1.16 bits per heavy atom. The van der Waals surface area contributed by atoms with E-state index in [-0.39, 0.29) is 5.95 Å². The molecule has 3 aromatic rings. The van der Waals surface area contributed by atoms with E-state index in [0.29, 0.717) is 27.1 Å². The average molecular weight is 340 g/mol. The molecule has 25 heavy (non-hydrogen) atoms. The fourth-order valence-electron chi connectivity index (χ4n) is 2.29. The maximum absolute atomic E-state index is 12.1. The second-order valence-corrected chi connectivity index (χ2v) is 5.05. The molecule has 1 heterocycles. The van der Waals surface area contributed by atoms with E-state index >= 15 is 0 Å². The third-order valence-electron chi connectivity index (χ3n) is 3.54. The molecule has 0 radical (unpaired) electrons. The molecule has 0 atom stereocenters. The molecular formula is C17H16N4O4. The summed E-state index contributed by atoms with van der Waals surface area (Å²) < 4.78 is 10.8. The van der Waals surface area contributed by atoms with Crippen molar-refractivity contribution in [1.29, 1.82) is 0 Å². The second-order valence-electron chi connectivity index (χ2n) is 5.05. The van der Waals surface area contributed by atoms with E-state index in [1.165, 1.54) is 6.21 Å². The van der Waals surface area contributed by atoms with E-state index < -0.39 is 5.56 Å². The van der Waals surface area contributed by atoms with E-state index in [1.807, 2.05) is 0 Å². The number of anilines is 1. The number of nitrogens with zero attached hydrogens (tertiary/aromatic N) is 3. The molecule has 0 aliphatic rings. The Morgan fingerprint density at radius 3 is 2.68 bits per heavy atom. The molecule has 0 bridgehead atoms. The average Bonchev–Trinajstić information content (AvgIpc) is 2.65. The van der Waals surface area contributed by atoms with Crippen LogP contribution in [0.15, 0.2) is 52.4 Å². The molecule has 0 saturated heterocycles. The molecule has 1 aromatic heterocycles. The highest BCUT2D eigenvalue weighted by Gasteiger charge is 2.09. The molecule has 128 valence electrons. The zero-order chi connectivity index (χ0) is 17.8. The van der Waals surface area contributed by atoms with Crippen molar-refractivity contribution >= 4 is 23.1 Å². The highest BCUT2D eigenvalue weighted by atomic mass is 16.5. The van der Waals surface area contributed by atoms with Gasteiger partial charge in [0.2, 0.25) is 0 Å². The molecule has 3 rings (SSSR count). The number of hydrogen-bond donors (Lipinski definition) is 2. The number of aromatic nitrogens is 2. The quantitative estimate of drug-likeness (QED) is 0.419. The molecule has 0 fully saturated rings. The van der Waals surface area contributed by atoms with Crippen molar-refractivity contribution in [3.05, 3.63) is 58.4 Å². The Morgan fingerprint density at radius 2 is 1.92 bits per heavy atom. The predicted molar refractivity (Wildman–Crippen MR) is 94.0 cm³/mol. The minimum atomic E-state index is -0.575. The van der Waals surface area contributed by atoms with Crippen LogP contribution in [0.5, 0.6) is 11.5 Å². The molecule has 2 aromatic carbocycles. The summed E-state index contributed by atoms with van der Waals surface area (Å²) in [5.41, 5.74) is 3.18. The molecule has 0 aliphatic heterocycles. The number of methoxy groups -OCH3 is 2. The van der Waals surface area contributed by atoms with Crippen LogP contribution in [0.3, 0.4) is 0 Å². The normalized spacial score (nSPS) is 11.0. The van der Waals surface area contributed by atoms with Crippen molar-refractivity contribution in [2.75, 3.05) is 19.6 Å². The Hall–Kier alpha value is -3.55. The second kappa shape index (κ2) is 6.91. The Kier molecular flexibility index (Phi) is 4.51. The Balaban J connectivity index is 1.86. The smallest absolute Gasteiger partial charge is 0.295 e. The first kappa shape index (κ1) is 16.3. The fourth-order valence-corrected chi connectivity index (χ4v) is 2.29. The van der Waals surface area contributed by atoms with E-state index in [4.69, 9.17) is 9.47 Å². The van der Waals surface area contributed by atoms with Crippen molar-refractivity contribution in [2.45, 2.75) is 0 Å². The summed E-state index contributed by atoms with van der Waals surface area (Å²) in [6, 6.07) is 12.0. The summed E-state index contributed by atoms with van der Waals surface area (Å²) in [4.78, 5) is 16.3. The van der Waals surface area contributed by atoms with E-state index in [2.05, 4.69) is 15.5 Å². The lowest BCUT2D eigenvalue weighted by Crippen LogP contribution is -2.22. The number of ether oxygens (including phenoxy) is 2. The molecule has 0 unspecified atom stereocenters. The van der Waals surface area contributed by atoms with Crippen LogP contribution < -0.4 is 20.5 Å². The van der Waals surface area contributed by atoms with Crippen LogP contribution in [-0.2, 0) is 0 Å². The molecule has 8 nitrogen and oxygen atoms in total. The van der Waals surface area contributed by atoms with Crippen LogP contribution in [0.4, 0.5) is 5.95 Å². The summed E-state index contributed by atoms with van der Waals surface area (Å²) in [5, 5.41) is 14.2. The third kappa shape index (κ3) is 3.23. The number of rotatable bonds is 5. The number of nitrogens with one attached hydrogen (secondary N) is 1. The summed E-state index contributed by atoms with van der Waals surface area (Å²) in [7, 11) is 3.10. The zero-order valence-electron chi connectivity index (χ0n) is 13.6. The largest absolute Gasteiger partial charge is 0.493 e. The molecule has 2 N–H and O–H groups in total.